The molecule has 3 heterocycles. The van der Waals surface area contributed by atoms with Crippen molar-refractivity contribution in [2.24, 2.45) is 53.3 Å². The molecule has 3 fully saturated rings. The molecule has 31 heavy (non-hydrogen) atoms. The minimum Gasteiger partial charge on any atom is -0.378 e. The van der Waals surface area contributed by atoms with Gasteiger partial charge in [-0.3, -0.25) is 0 Å². The highest BCUT2D eigenvalue weighted by molar-refractivity contribution is 4.82. The molecule has 3 aliphatic heterocycles. The molecule has 186 valence electrons. The van der Waals surface area contributed by atoms with Crippen LogP contribution in [-0.2, 0) is 14.2 Å². The van der Waals surface area contributed by atoms with Crippen LogP contribution < -0.4 is 0 Å². The van der Waals surface area contributed by atoms with Gasteiger partial charge in [-0.05, 0) is 81.0 Å². The summed E-state index contributed by atoms with van der Waals surface area (Å²) in [5, 5.41) is 0. The summed E-state index contributed by atoms with van der Waals surface area (Å²) >= 11 is 0. The van der Waals surface area contributed by atoms with Gasteiger partial charge in [0.2, 0.25) is 0 Å². The van der Waals surface area contributed by atoms with Crippen molar-refractivity contribution in [2.45, 2.75) is 114 Å². The molecule has 0 aromatic rings. The van der Waals surface area contributed by atoms with E-state index < -0.39 is 0 Å². The largest absolute Gasteiger partial charge is 0.378 e. The van der Waals surface area contributed by atoms with E-state index in [2.05, 4.69) is 90.0 Å². The van der Waals surface area contributed by atoms with Crippen LogP contribution in [0, 0.1) is 53.3 Å². The molecule has 0 spiro atoms. The molecule has 13 atom stereocenters. The lowest BCUT2D eigenvalue weighted by atomic mass is 9.77. The summed E-state index contributed by atoms with van der Waals surface area (Å²) in [6.07, 6.45) is 1.81. The van der Waals surface area contributed by atoms with Crippen molar-refractivity contribution in [2.75, 3.05) is 13.2 Å². The quantitative estimate of drug-likeness (QED) is 0.394. The molecule has 0 saturated carbocycles. The lowest BCUT2D eigenvalue weighted by Gasteiger charge is -2.41. The van der Waals surface area contributed by atoms with Gasteiger partial charge in [0.15, 0.2) is 0 Å². The Labute approximate surface area is 195 Å². The molecular weight excluding hydrogens is 384 g/mol. The van der Waals surface area contributed by atoms with Gasteiger partial charge in [0.1, 0.15) is 0 Å². The summed E-state index contributed by atoms with van der Waals surface area (Å²) in [5.41, 5.74) is 0. The van der Waals surface area contributed by atoms with E-state index in [9.17, 15) is 0 Å². The molecule has 0 aromatic carbocycles. The summed E-state index contributed by atoms with van der Waals surface area (Å²) in [7, 11) is 0. The van der Waals surface area contributed by atoms with Crippen molar-refractivity contribution in [1.82, 2.24) is 0 Å². The molecule has 0 aromatic heterocycles. The van der Waals surface area contributed by atoms with Crippen molar-refractivity contribution in [3.63, 3.8) is 0 Å². The van der Waals surface area contributed by atoms with Gasteiger partial charge in [0, 0.05) is 13.2 Å². The van der Waals surface area contributed by atoms with Gasteiger partial charge >= 0.3 is 0 Å². The van der Waals surface area contributed by atoms with E-state index >= 15 is 0 Å². The average Bonchev–Trinajstić information content (AvgIpc) is 2.74. The zero-order chi connectivity index (χ0) is 24.0. The first-order chi connectivity index (χ1) is 14.3. The predicted octanol–water partition coefficient (Wildman–Crippen LogP) is 7.33. The topological polar surface area (TPSA) is 27.7 Å². The van der Waals surface area contributed by atoms with Crippen LogP contribution >= 0.6 is 0 Å². The van der Waals surface area contributed by atoms with Crippen LogP contribution in [0.15, 0.2) is 0 Å². The van der Waals surface area contributed by atoms with Gasteiger partial charge in [-0.15, -0.1) is 0 Å². The maximum atomic E-state index is 5.78. The molecule has 2 unspecified atom stereocenters. The van der Waals surface area contributed by atoms with E-state index in [-0.39, 0.29) is 0 Å². The van der Waals surface area contributed by atoms with E-state index in [0.29, 0.717) is 36.3 Å². The fourth-order valence-corrected chi connectivity index (χ4v) is 5.03. The summed E-state index contributed by atoms with van der Waals surface area (Å²) in [4.78, 5) is 0. The first kappa shape index (κ1) is 28.9. The van der Waals surface area contributed by atoms with E-state index in [1.807, 2.05) is 0 Å². The summed E-state index contributed by atoms with van der Waals surface area (Å²) < 4.78 is 16.9. The van der Waals surface area contributed by atoms with Crippen molar-refractivity contribution < 1.29 is 14.2 Å². The smallest absolute Gasteiger partial charge is 0.0578 e. The average molecular weight is 441 g/mol. The molecule has 3 aliphatic rings. The van der Waals surface area contributed by atoms with Crippen LogP contribution in [0.3, 0.4) is 0 Å². The maximum absolute atomic E-state index is 5.78. The number of rotatable bonds is 0. The molecule has 0 N–H and O–H groups in total. The molecule has 3 heteroatoms. The fraction of sp³-hybridized carbons (Fsp3) is 1.00. The van der Waals surface area contributed by atoms with Gasteiger partial charge < -0.3 is 14.2 Å². The predicted molar refractivity (Wildman–Crippen MR) is 133 cm³/mol. The summed E-state index contributed by atoms with van der Waals surface area (Å²) in [6.45, 7) is 31.3. The Morgan fingerprint density at radius 3 is 0.935 bits per heavy atom. The molecule has 3 nitrogen and oxygen atoms in total. The molecule has 0 aliphatic carbocycles. The maximum Gasteiger partial charge on any atom is 0.0578 e. The van der Waals surface area contributed by atoms with Crippen LogP contribution in [0.2, 0.25) is 0 Å². The van der Waals surface area contributed by atoms with Crippen LogP contribution in [0.1, 0.15) is 90.0 Å². The van der Waals surface area contributed by atoms with Gasteiger partial charge in [-0.2, -0.15) is 0 Å². The lowest BCUT2D eigenvalue weighted by Crippen LogP contribution is -2.41. The number of hydrogen-bond acceptors (Lipinski definition) is 3. The van der Waals surface area contributed by atoms with Crippen molar-refractivity contribution in [3.05, 3.63) is 0 Å². The van der Waals surface area contributed by atoms with Crippen LogP contribution in [0.25, 0.3) is 0 Å². The van der Waals surface area contributed by atoms with Crippen LogP contribution in [-0.4, -0.2) is 37.6 Å². The van der Waals surface area contributed by atoms with E-state index in [1.54, 1.807) is 0 Å². The van der Waals surface area contributed by atoms with E-state index in [1.165, 1.54) is 0 Å². The Bertz CT molecular complexity index is 425. The van der Waals surface area contributed by atoms with Gasteiger partial charge in [-0.25, -0.2) is 0 Å². The molecule has 0 amide bonds. The van der Waals surface area contributed by atoms with Crippen molar-refractivity contribution >= 4 is 0 Å². The molecule has 0 radical (unpaired) electrons. The zero-order valence-electron chi connectivity index (χ0n) is 23.1. The van der Waals surface area contributed by atoms with Crippen LogP contribution in [0.5, 0.6) is 0 Å². The van der Waals surface area contributed by atoms with Gasteiger partial charge in [0.25, 0.3) is 0 Å². The third-order valence-corrected chi connectivity index (χ3v) is 9.75. The summed E-state index contributed by atoms with van der Waals surface area (Å²) in [5.74, 6) is 6.80. The molecule has 0 bridgehead atoms. The van der Waals surface area contributed by atoms with Crippen molar-refractivity contribution in [3.8, 4) is 0 Å². The first-order valence-electron chi connectivity index (χ1n) is 13.2. The highest BCUT2D eigenvalue weighted by Gasteiger charge is 2.34. The number of ether oxygens (including phenoxy) is 3. The van der Waals surface area contributed by atoms with E-state index in [0.717, 1.165) is 54.6 Å². The minimum atomic E-state index is 0.441. The van der Waals surface area contributed by atoms with Crippen LogP contribution in [0.4, 0.5) is 0 Å². The Hall–Kier alpha value is -0.120. The Morgan fingerprint density at radius 2 is 0.645 bits per heavy atom. The third-order valence-electron chi connectivity index (χ3n) is 9.75. The SMILES string of the molecule is CC1OC[C@@H](C)[C@@H](C)[C@@H]1C.CC1[C@@H](C)[C@@H](C)O[C@H](C)[C@H]1C.C[C@H]1[C@H](C)[C@H](C)OC[C@H]1C. The third kappa shape index (κ3) is 8.00. The van der Waals surface area contributed by atoms with Crippen molar-refractivity contribution in [1.29, 1.82) is 0 Å². The van der Waals surface area contributed by atoms with Gasteiger partial charge in [0.05, 0.1) is 24.4 Å². The fourth-order valence-electron chi connectivity index (χ4n) is 5.03. The summed E-state index contributed by atoms with van der Waals surface area (Å²) in [6, 6.07) is 0. The van der Waals surface area contributed by atoms with E-state index in [4.69, 9.17) is 14.2 Å². The highest BCUT2D eigenvalue weighted by Crippen LogP contribution is 2.34. The Kier molecular flexibility index (Phi) is 12.1. The second kappa shape index (κ2) is 12.9. The molecule has 3 saturated heterocycles. The monoisotopic (exact) mass is 440 g/mol. The normalized spacial score (nSPS) is 50.4. The zero-order valence-corrected chi connectivity index (χ0v) is 23.1. The first-order valence-corrected chi connectivity index (χ1v) is 13.2. The Balaban J connectivity index is 0.000000233. The second-order valence-corrected chi connectivity index (χ2v) is 11.6. The lowest BCUT2D eigenvalue weighted by molar-refractivity contribution is -0.116. The van der Waals surface area contributed by atoms with Gasteiger partial charge in [-0.1, -0.05) is 62.3 Å². The highest BCUT2D eigenvalue weighted by atomic mass is 16.5. The molecule has 3 rings (SSSR count). The standard InChI is InChI=1S/C10H20O.2C9H18O/c1-6-7(2)9(4)11-10(5)8(6)3;2*1-6-5-10-9(4)8(3)7(6)2/h6-10H,1-5H3;2*6-9H,5H2,1-4H3/t6?,7-,8+,9-,10-;6-,7-,8+,9?;6-,7-,8+,9+/m111/s1. The molecular formula is C28H56O3. The minimum absolute atomic E-state index is 0.441. The number of hydrogen-bond donors (Lipinski definition) is 0. The Morgan fingerprint density at radius 1 is 0.355 bits per heavy atom. The second-order valence-electron chi connectivity index (χ2n) is 11.6.